The molecule has 1 aliphatic heterocycles. The minimum Gasteiger partial charge on any atom is -0.480 e. The summed E-state index contributed by atoms with van der Waals surface area (Å²) in [7, 11) is 0. The summed E-state index contributed by atoms with van der Waals surface area (Å²) in [5.41, 5.74) is 3.59. The zero-order valence-electron chi connectivity index (χ0n) is 14.9. The molecule has 1 aromatic heterocycles. The smallest absolute Gasteiger partial charge is 0.323 e. The predicted octanol–water partition coefficient (Wildman–Crippen LogP) is 1.04. The summed E-state index contributed by atoms with van der Waals surface area (Å²) in [4.78, 5) is 42.5. The van der Waals surface area contributed by atoms with Gasteiger partial charge in [0, 0.05) is 30.9 Å². The molecule has 0 saturated carbocycles. The number of hydrogen-bond acceptors (Lipinski definition) is 4. The molecule has 1 saturated heterocycles. The maximum absolute atomic E-state index is 12.3. The van der Waals surface area contributed by atoms with E-state index in [0.29, 0.717) is 19.4 Å². The summed E-state index contributed by atoms with van der Waals surface area (Å²) in [5, 5.41) is 8.78. The van der Waals surface area contributed by atoms with Crippen molar-refractivity contribution >= 4 is 17.8 Å². The van der Waals surface area contributed by atoms with E-state index in [1.165, 1.54) is 33.9 Å². The van der Waals surface area contributed by atoms with Gasteiger partial charge in [0.05, 0.1) is 6.54 Å². The van der Waals surface area contributed by atoms with E-state index in [1.54, 1.807) is 0 Å². The highest BCUT2D eigenvalue weighted by Gasteiger charge is 2.27. The molecule has 7 nitrogen and oxygen atoms in total. The van der Waals surface area contributed by atoms with Crippen LogP contribution in [0.3, 0.4) is 0 Å². The molecule has 0 unspecified atom stereocenters. The molecular formula is C19H25N3O4. The van der Waals surface area contributed by atoms with Gasteiger partial charge in [0.2, 0.25) is 11.8 Å². The average molecular weight is 359 g/mol. The molecule has 1 N–H and O–H groups in total. The van der Waals surface area contributed by atoms with Crippen molar-refractivity contribution in [2.75, 3.05) is 26.2 Å². The van der Waals surface area contributed by atoms with Crippen molar-refractivity contribution in [1.29, 1.82) is 0 Å². The van der Waals surface area contributed by atoms with Crippen LogP contribution in [0.1, 0.15) is 42.6 Å². The van der Waals surface area contributed by atoms with Gasteiger partial charge in [-0.15, -0.1) is 0 Å². The Bertz CT molecular complexity index is 704. The third kappa shape index (κ3) is 4.59. The zero-order chi connectivity index (χ0) is 18.5. The van der Waals surface area contributed by atoms with Gasteiger partial charge in [0.15, 0.2) is 0 Å². The number of amides is 2. The minimum absolute atomic E-state index is 0.0246. The number of carbonyl (C=O) groups is 3. The maximum Gasteiger partial charge on any atom is 0.323 e. The molecule has 140 valence electrons. The maximum atomic E-state index is 12.3. The number of aryl methyl sites for hydroxylation is 3. The topological polar surface area (TPSA) is 90.8 Å². The first-order valence-electron chi connectivity index (χ1n) is 9.28. The Morgan fingerprint density at radius 3 is 2.73 bits per heavy atom. The van der Waals surface area contributed by atoms with E-state index in [9.17, 15) is 14.4 Å². The molecule has 3 rings (SSSR count). The second kappa shape index (κ2) is 8.29. The summed E-state index contributed by atoms with van der Waals surface area (Å²) in [6.45, 7) is 0.353. The number of carbonyl (C=O) groups excluding carboxylic acids is 2. The summed E-state index contributed by atoms with van der Waals surface area (Å²) in [6.07, 6.45) is 6.43. The number of carboxylic acids is 1. The first-order chi connectivity index (χ1) is 12.5. The second-order valence-corrected chi connectivity index (χ2v) is 6.99. The fraction of sp³-hybridized carbons (Fsp3) is 0.579. The van der Waals surface area contributed by atoms with Crippen LogP contribution in [0.25, 0.3) is 0 Å². The highest BCUT2D eigenvalue weighted by Crippen LogP contribution is 2.20. The number of pyridine rings is 1. The van der Waals surface area contributed by atoms with E-state index in [0.717, 1.165) is 25.0 Å². The van der Waals surface area contributed by atoms with Crippen molar-refractivity contribution < 1.29 is 19.5 Å². The molecule has 0 bridgehead atoms. The monoisotopic (exact) mass is 359 g/mol. The van der Waals surface area contributed by atoms with Crippen LogP contribution in [0, 0.1) is 0 Å². The quantitative estimate of drug-likeness (QED) is 0.819. The Hall–Kier alpha value is -2.44. The van der Waals surface area contributed by atoms with Crippen molar-refractivity contribution in [3.63, 3.8) is 0 Å². The van der Waals surface area contributed by atoms with Crippen LogP contribution in [-0.4, -0.2) is 63.9 Å². The first kappa shape index (κ1) is 18.4. The lowest BCUT2D eigenvalue weighted by Gasteiger charge is -2.33. The predicted molar refractivity (Wildman–Crippen MR) is 94.6 cm³/mol. The molecule has 1 aromatic rings. The van der Waals surface area contributed by atoms with E-state index in [2.05, 4.69) is 12.1 Å². The molecule has 1 fully saturated rings. The number of carboxylic acid groups (broad SMARTS) is 1. The van der Waals surface area contributed by atoms with Crippen LogP contribution in [0.2, 0.25) is 0 Å². The van der Waals surface area contributed by atoms with Crippen LogP contribution in [-0.2, 0) is 33.6 Å². The fourth-order valence-electron chi connectivity index (χ4n) is 3.60. The fourth-order valence-corrected chi connectivity index (χ4v) is 3.60. The first-order valence-corrected chi connectivity index (χ1v) is 9.28. The number of piperazine rings is 1. The zero-order valence-corrected chi connectivity index (χ0v) is 14.9. The van der Waals surface area contributed by atoms with Gasteiger partial charge in [-0.2, -0.15) is 0 Å². The Morgan fingerprint density at radius 1 is 1.15 bits per heavy atom. The van der Waals surface area contributed by atoms with Gasteiger partial charge in [-0.1, -0.05) is 6.07 Å². The van der Waals surface area contributed by atoms with E-state index in [1.807, 2.05) is 0 Å². The van der Waals surface area contributed by atoms with Crippen molar-refractivity contribution in [2.24, 2.45) is 0 Å². The lowest BCUT2D eigenvalue weighted by atomic mass is 9.95. The van der Waals surface area contributed by atoms with Gasteiger partial charge in [0.1, 0.15) is 6.54 Å². The van der Waals surface area contributed by atoms with Gasteiger partial charge in [-0.05, 0) is 50.2 Å². The molecule has 2 amide bonds. The van der Waals surface area contributed by atoms with Crippen LogP contribution >= 0.6 is 0 Å². The molecule has 0 spiro atoms. The molecule has 2 heterocycles. The summed E-state index contributed by atoms with van der Waals surface area (Å²) < 4.78 is 0. The number of aromatic nitrogens is 1. The van der Waals surface area contributed by atoms with Gasteiger partial charge in [-0.25, -0.2) is 0 Å². The van der Waals surface area contributed by atoms with E-state index < -0.39 is 5.97 Å². The molecule has 0 radical (unpaired) electrons. The van der Waals surface area contributed by atoms with Gasteiger partial charge in [-0.3, -0.25) is 19.4 Å². The normalized spacial score (nSPS) is 17.2. The Balaban J connectivity index is 1.44. The van der Waals surface area contributed by atoms with Crippen molar-refractivity contribution in [3.8, 4) is 0 Å². The Morgan fingerprint density at radius 2 is 1.96 bits per heavy atom. The average Bonchev–Trinajstić information content (AvgIpc) is 2.63. The molecule has 2 aliphatic rings. The molecule has 26 heavy (non-hydrogen) atoms. The summed E-state index contributed by atoms with van der Waals surface area (Å²) in [6, 6.07) is 4.22. The van der Waals surface area contributed by atoms with Crippen LogP contribution in [0.15, 0.2) is 12.1 Å². The SMILES string of the molecule is O=C(O)CN1CCN(C(=O)CCCc2ccc3c(n2)CCCC3)CC1=O. The van der Waals surface area contributed by atoms with E-state index in [-0.39, 0.29) is 31.4 Å². The molecule has 7 heteroatoms. The van der Waals surface area contributed by atoms with Gasteiger partial charge < -0.3 is 14.9 Å². The summed E-state index contributed by atoms with van der Waals surface area (Å²) in [5.74, 6) is -1.38. The number of rotatable bonds is 6. The lowest BCUT2D eigenvalue weighted by Crippen LogP contribution is -2.53. The van der Waals surface area contributed by atoms with Gasteiger partial charge in [0.25, 0.3) is 0 Å². The molecular weight excluding hydrogens is 334 g/mol. The summed E-state index contributed by atoms with van der Waals surface area (Å²) >= 11 is 0. The van der Waals surface area contributed by atoms with Crippen molar-refractivity contribution in [1.82, 2.24) is 14.8 Å². The minimum atomic E-state index is -1.03. The van der Waals surface area contributed by atoms with Crippen LogP contribution < -0.4 is 0 Å². The van der Waals surface area contributed by atoms with E-state index >= 15 is 0 Å². The molecule has 0 atom stereocenters. The number of nitrogens with zero attached hydrogens (tertiary/aromatic N) is 3. The Kier molecular flexibility index (Phi) is 5.85. The van der Waals surface area contributed by atoms with Crippen molar-refractivity contribution in [3.05, 3.63) is 29.1 Å². The number of hydrogen-bond donors (Lipinski definition) is 1. The Labute approximate surface area is 153 Å². The third-order valence-corrected chi connectivity index (χ3v) is 5.06. The van der Waals surface area contributed by atoms with E-state index in [4.69, 9.17) is 10.1 Å². The van der Waals surface area contributed by atoms with Crippen molar-refractivity contribution in [2.45, 2.75) is 44.9 Å². The number of aliphatic carboxylic acids is 1. The van der Waals surface area contributed by atoms with Crippen LogP contribution in [0.4, 0.5) is 0 Å². The molecule has 0 aromatic carbocycles. The second-order valence-electron chi connectivity index (χ2n) is 6.99. The standard InChI is InChI=1S/C19H25N3O4/c23-17(21-10-11-22(13-19(25)26)18(24)12-21)7-3-5-15-9-8-14-4-1-2-6-16(14)20-15/h8-9H,1-7,10-13H2,(H,25,26). The largest absolute Gasteiger partial charge is 0.480 e. The molecule has 1 aliphatic carbocycles. The third-order valence-electron chi connectivity index (χ3n) is 5.06. The number of fused-ring (bicyclic) bond motifs is 1. The van der Waals surface area contributed by atoms with Gasteiger partial charge >= 0.3 is 5.97 Å². The van der Waals surface area contributed by atoms with Crippen LogP contribution in [0.5, 0.6) is 0 Å². The lowest BCUT2D eigenvalue weighted by molar-refractivity contribution is -0.150. The highest BCUT2D eigenvalue weighted by molar-refractivity contribution is 5.88. The highest BCUT2D eigenvalue weighted by atomic mass is 16.4.